The second-order valence-electron chi connectivity index (χ2n) is 10.2. The van der Waals surface area contributed by atoms with Gasteiger partial charge >= 0.3 is 10.4 Å². The number of unbranched alkanes of at least 4 members (excludes halogenated alkanes) is 18. The van der Waals surface area contributed by atoms with Crippen LogP contribution in [-0.2, 0) is 18.8 Å². The lowest BCUT2D eigenvalue weighted by atomic mass is 10.1. The molecule has 0 aliphatic rings. The van der Waals surface area contributed by atoms with Crippen LogP contribution in [0, 0.1) is 0 Å². The zero-order valence-corrected chi connectivity index (χ0v) is 23.6. The van der Waals surface area contributed by atoms with Gasteiger partial charge in [-0.3, -0.25) is 0 Å². The van der Waals surface area contributed by atoms with Gasteiger partial charge in [-0.1, -0.05) is 142 Å². The molecule has 0 radical (unpaired) electrons. The Morgan fingerprint density at radius 1 is 0.455 bits per heavy atom. The summed E-state index contributed by atoms with van der Waals surface area (Å²) in [5.41, 5.74) is 0. The lowest BCUT2D eigenvalue weighted by molar-refractivity contribution is 0.127. The molecule has 33 heavy (non-hydrogen) atoms. The molecule has 0 rings (SSSR count). The van der Waals surface area contributed by atoms with Crippen LogP contribution in [0.1, 0.15) is 169 Å². The predicted molar refractivity (Wildman–Crippen MR) is 143 cm³/mol. The Morgan fingerprint density at radius 2 is 0.697 bits per heavy atom. The zero-order valence-electron chi connectivity index (χ0n) is 22.8. The summed E-state index contributed by atoms with van der Waals surface area (Å²) in [6.45, 7) is 8.17. The molecule has 0 aromatic carbocycles. The van der Waals surface area contributed by atoms with Crippen molar-refractivity contribution in [2.24, 2.45) is 0 Å². The highest BCUT2D eigenvalue weighted by Crippen LogP contribution is 2.17. The van der Waals surface area contributed by atoms with Gasteiger partial charge in [-0.25, -0.2) is 8.37 Å². The normalized spacial score (nSPS) is 13.9. The highest BCUT2D eigenvalue weighted by atomic mass is 32.3. The molecular formula is C28H58O4S. The first-order chi connectivity index (χ1) is 15.9. The molecule has 0 amide bonds. The average Bonchev–Trinajstić information content (AvgIpc) is 2.75. The Hall–Kier alpha value is -0.130. The molecule has 4 nitrogen and oxygen atoms in total. The highest BCUT2D eigenvalue weighted by Gasteiger charge is 2.20. The first-order valence-corrected chi connectivity index (χ1v) is 15.9. The van der Waals surface area contributed by atoms with Crippen molar-refractivity contribution < 1.29 is 16.8 Å². The first kappa shape index (κ1) is 32.9. The van der Waals surface area contributed by atoms with E-state index >= 15 is 0 Å². The molecule has 2 atom stereocenters. The second-order valence-corrected chi connectivity index (χ2v) is 11.4. The van der Waals surface area contributed by atoms with Crippen molar-refractivity contribution in [2.75, 3.05) is 0 Å². The van der Waals surface area contributed by atoms with Crippen LogP contribution in [0.2, 0.25) is 0 Å². The van der Waals surface area contributed by atoms with Gasteiger partial charge in [-0.2, -0.15) is 8.42 Å². The van der Waals surface area contributed by atoms with Crippen LogP contribution in [-0.4, -0.2) is 20.6 Å². The largest absolute Gasteiger partial charge is 0.400 e. The van der Waals surface area contributed by atoms with E-state index in [-0.39, 0.29) is 12.2 Å². The Kier molecular flexibility index (Phi) is 23.5. The van der Waals surface area contributed by atoms with Crippen LogP contribution in [0.4, 0.5) is 0 Å². The minimum absolute atomic E-state index is 0.312. The predicted octanol–water partition coefficient (Wildman–Crippen LogP) is 9.66. The summed E-state index contributed by atoms with van der Waals surface area (Å²) in [6, 6.07) is 0. The van der Waals surface area contributed by atoms with Crippen molar-refractivity contribution >= 4 is 10.4 Å². The van der Waals surface area contributed by atoms with Gasteiger partial charge in [0.1, 0.15) is 0 Å². The molecule has 0 aliphatic heterocycles. The molecule has 0 saturated heterocycles. The number of rotatable bonds is 26. The monoisotopic (exact) mass is 490 g/mol. The van der Waals surface area contributed by atoms with Crippen molar-refractivity contribution in [3.8, 4) is 0 Å². The minimum atomic E-state index is -3.91. The molecule has 200 valence electrons. The third kappa shape index (κ3) is 24.8. The van der Waals surface area contributed by atoms with E-state index in [1.807, 2.05) is 13.8 Å². The summed E-state index contributed by atoms with van der Waals surface area (Å²) >= 11 is 0. The summed E-state index contributed by atoms with van der Waals surface area (Å²) in [7, 11) is -3.91. The standard InChI is InChI=1S/C28H58O4S/c1-5-7-9-11-13-15-17-19-21-23-25-27(3)31-33(29,30)32-28(4)26-24-22-20-18-16-14-12-10-8-6-2/h27-28H,5-26H2,1-4H3. The molecule has 5 heteroatoms. The Morgan fingerprint density at radius 3 is 0.970 bits per heavy atom. The summed E-state index contributed by atoms with van der Waals surface area (Å²) in [4.78, 5) is 0. The van der Waals surface area contributed by atoms with Gasteiger partial charge in [0, 0.05) is 0 Å². The van der Waals surface area contributed by atoms with E-state index in [0.717, 1.165) is 38.5 Å². The Balaban J connectivity index is 3.64. The molecular weight excluding hydrogens is 432 g/mol. The van der Waals surface area contributed by atoms with Gasteiger partial charge in [0.05, 0.1) is 12.2 Å². The Labute approximate surface area is 208 Å². The van der Waals surface area contributed by atoms with Crippen LogP contribution >= 0.6 is 0 Å². The molecule has 0 spiro atoms. The lowest BCUT2D eigenvalue weighted by Crippen LogP contribution is -2.22. The molecule has 0 heterocycles. The summed E-state index contributed by atoms with van der Waals surface area (Å²) in [6.07, 6.45) is 26.5. The second kappa shape index (κ2) is 23.6. The van der Waals surface area contributed by atoms with E-state index < -0.39 is 10.4 Å². The lowest BCUT2D eigenvalue weighted by Gasteiger charge is -2.16. The fraction of sp³-hybridized carbons (Fsp3) is 1.00. The van der Waals surface area contributed by atoms with Crippen LogP contribution in [0.5, 0.6) is 0 Å². The van der Waals surface area contributed by atoms with Gasteiger partial charge in [-0.15, -0.1) is 0 Å². The fourth-order valence-electron chi connectivity index (χ4n) is 4.36. The van der Waals surface area contributed by atoms with Gasteiger partial charge in [0.2, 0.25) is 0 Å². The van der Waals surface area contributed by atoms with Crippen LogP contribution in [0.3, 0.4) is 0 Å². The van der Waals surface area contributed by atoms with Gasteiger partial charge in [0.15, 0.2) is 0 Å². The van der Waals surface area contributed by atoms with Crippen molar-refractivity contribution in [1.82, 2.24) is 0 Å². The summed E-state index contributed by atoms with van der Waals surface area (Å²) in [5, 5.41) is 0. The fourth-order valence-corrected chi connectivity index (χ4v) is 5.40. The molecule has 0 aromatic rings. The molecule has 2 unspecified atom stereocenters. The topological polar surface area (TPSA) is 52.6 Å². The number of hydrogen-bond acceptors (Lipinski definition) is 4. The van der Waals surface area contributed by atoms with Crippen LogP contribution in [0.25, 0.3) is 0 Å². The maximum absolute atomic E-state index is 12.2. The summed E-state index contributed by atoms with van der Waals surface area (Å²) < 4.78 is 34.8. The third-order valence-electron chi connectivity index (χ3n) is 6.49. The maximum atomic E-state index is 12.2. The zero-order chi connectivity index (χ0) is 24.6. The van der Waals surface area contributed by atoms with E-state index in [1.165, 1.54) is 103 Å². The van der Waals surface area contributed by atoms with E-state index in [1.54, 1.807) is 0 Å². The summed E-state index contributed by atoms with van der Waals surface area (Å²) in [5.74, 6) is 0. The SMILES string of the molecule is CCCCCCCCCCCCC(C)OS(=O)(=O)OC(C)CCCCCCCCCCCC. The average molecular weight is 491 g/mol. The molecule has 0 fully saturated rings. The van der Waals surface area contributed by atoms with Gasteiger partial charge < -0.3 is 0 Å². The van der Waals surface area contributed by atoms with Crippen LogP contribution in [0.15, 0.2) is 0 Å². The molecule has 0 aliphatic carbocycles. The first-order valence-electron chi connectivity index (χ1n) is 14.5. The van der Waals surface area contributed by atoms with Gasteiger partial charge in [-0.05, 0) is 26.7 Å². The number of hydrogen-bond donors (Lipinski definition) is 0. The maximum Gasteiger partial charge on any atom is 0.400 e. The molecule has 0 N–H and O–H groups in total. The smallest absolute Gasteiger partial charge is 0.245 e. The van der Waals surface area contributed by atoms with E-state index in [0.29, 0.717) is 0 Å². The van der Waals surface area contributed by atoms with Gasteiger partial charge in [0.25, 0.3) is 0 Å². The van der Waals surface area contributed by atoms with Crippen LogP contribution < -0.4 is 0 Å². The Bertz CT molecular complexity index is 454. The van der Waals surface area contributed by atoms with E-state index in [9.17, 15) is 8.42 Å². The van der Waals surface area contributed by atoms with Crippen molar-refractivity contribution in [3.05, 3.63) is 0 Å². The quantitative estimate of drug-likeness (QED) is 0.113. The minimum Gasteiger partial charge on any atom is -0.245 e. The third-order valence-corrected chi connectivity index (χ3v) is 7.62. The van der Waals surface area contributed by atoms with E-state index in [4.69, 9.17) is 8.37 Å². The van der Waals surface area contributed by atoms with E-state index in [2.05, 4.69) is 13.8 Å². The highest BCUT2D eigenvalue weighted by molar-refractivity contribution is 7.81. The van der Waals surface area contributed by atoms with Crippen molar-refractivity contribution in [2.45, 2.75) is 181 Å². The molecule has 0 aromatic heterocycles. The van der Waals surface area contributed by atoms with Crippen molar-refractivity contribution in [3.63, 3.8) is 0 Å². The van der Waals surface area contributed by atoms with Crippen molar-refractivity contribution in [1.29, 1.82) is 0 Å². The molecule has 0 saturated carbocycles. The molecule has 0 bridgehead atoms.